The molecule has 4 heterocycles. The third kappa shape index (κ3) is 10.3. The van der Waals surface area contributed by atoms with E-state index in [-0.39, 0.29) is 72.5 Å². The van der Waals surface area contributed by atoms with Crippen LogP contribution >= 0.6 is 11.3 Å². The number of nitrogens with zero attached hydrogens (tertiary/aromatic N) is 4. The van der Waals surface area contributed by atoms with Crippen molar-refractivity contribution in [1.29, 1.82) is 0 Å². The van der Waals surface area contributed by atoms with Crippen LogP contribution in [0.2, 0.25) is 0 Å². The number of rotatable bonds is 7. The van der Waals surface area contributed by atoms with E-state index in [1.165, 1.54) is 25.7 Å². The SMILES string of the molecule is [2H]c1c([2H])c([2H])c(-c2cc(C(C)(C)C)cc(-c3cc(C(C)(C)C)cc(C(C)(C)C)c3)c2N2[CH-]N(c3[c-]c(Oc4[c-]c5c(cc4)c4c6sc7ccccc7c6ccc4n5-c4cc(C(C)(C)C)ccn4)cc(C(C)(C)C)c3)c3ccccc32)c([2H])c1[2H].[Pt]. The first-order valence-corrected chi connectivity index (χ1v) is 28.7. The number of hydrogen-bond donors (Lipinski definition) is 0. The maximum atomic E-state index is 9.57. The summed E-state index contributed by atoms with van der Waals surface area (Å²) in [5.41, 5.74) is 11.7. The van der Waals surface area contributed by atoms with Gasteiger partial charge in [0.1, 0.15) is 5.82 Å². The van der Waals surface area contributed by atoms with E-state index in [9.17, 15) is 2.74 Å². The second kappa shape index (κ2) is 20.2. The summed E-state index contributed by atoms with van der Waals surface area (Å²) in [5, 5.41) is 4.66. The Morgan fingerprint density at radius 2 is 1.10 bits per heavy atom. The van der Waals surface area contributed by atoms with Gasteiger partial charge in [0.05, 0.1) is 6.85 Å². The van der Waals surface area contributed by atoms with Crippen LogP contribution < -0.4 is 14.5 Å². The minimum absolute atomic E-state index is 0. The normalized spacial score (nSPS) is 14.3. The molecule has 0 unspecified atom stereocenters. The molecule has 12 rings (SSSR count). The van der Waals surface area contributed by atoms with Crippen LogP contribution in [0.15, 0.2) is 164 Å². The zero-order chi connectivity index (χ0) is 60.8. The molecule has 0 fully saturated rings. The third-order valence-corrected chi connectivity index (χ3v) is 17.0. The molecular formula is C74H73N4OPtS-3. The van der Waals surface area contributed by atoms with Gasteiger partial charge in [-0.25, -0.2) is 4.98 Å². The zero-order valence-electron chi connectivity index (χ0n) is 54.2. The summed E-state index contributed by atoms with van der Waals surface area (Å²) < 4.78 is 57.6. The average Bonchev–Trinajstić information content (AvgIpc) is 1.54. The first-order chi connectivity index (χ1) is 39.9. The summed E-state index contributed by atoms with van der Waals surface area (Å²) in [6.45, 7) is 35.2. The smallest absolute Gasteiger partial charge is 0.135 e. The van der Waals surface area contributed by atoms with Crippen LogP contribution in [-0.4, -0.2) is 9.55 Å². The molecule has 81 heavy (non-hydrogen) atoms. The fourth-order valence-electron chi connectivity index (χ4n) is 11.0. The second-order valence-corrected chi connectivity index (χ2v) is 27.8. The Hall–Kier alpha value is -6.98. The standard InChI is InChI=1S/C74H73N4OS.Pt/c1-70(2,3)48-33-34-75-66(42-48)78-63-32-31-57-56-25-19-22-28-65(56)80-69(57)67(63)58-30-29-54(44-64(58)78)79-55-39-51(73(10,11)12)38-53(43-55)76-45-77(62-27-21-20-26-61(62)76)68-59(46-23-17-16-18-24-46)40-52(74(13,14)15)41-60(68)47-35-49(71(4,5)6)37-50(36-47)72(7,8)9;/h16-42,45H,1-15H3;/q-3;/i16D,17D,18D,23D,24D;. The van der Waals surface area contributed by atoms with Crippen LogP contribution in [0.25, 0.3) is 70.0 Å². The Morgan fingerprint density at radius 3 is 1.75 bits per heavy atom. The third-order valence-electron chi connectivity index (χ3n) is 15.8. The van der Waals surface area contributed by atoms with Crippen LogP contribution in [0.5, 0.6) is 11.5 Å². The largest absolute Gasteiger partial charge is 0.509 e. The van der Waals surface area contributed by atoms with Crippen molar-refractivity contribution < 1.29 is 32.7 Å². The minimum Gasteiger partial charge on any atom is -0.509 e. The molecule has 1 aliphatic rings. The summed E-state index contributed by atoms with van der Waals surface area (Å²) in [5.74, 6) is 1.84. The predicted octanol–water partition coefficient (Wildman–Crippen LogP) is 21.2. The van der Waals surface area contributed by atoms with Crippen LogP contribution in [-0.2, 0) is 48.1 Å². The molecule has 5 nitrogen and oxygen atoms in total. The number of para-hydroxylation sites is 2. The van der Waals surface area contributed by atoms with Crippen molar-refractivity contribution in [3.8, 4) is 39.6 Å². The van der Waals surface area contributed by atoms with E-state index in [1.807, 2.05) is 41.8 Å². The van der Waals surface area contributed by atoms with E-state index in [4.69, 9.17) is 13.8 Å². The van der Waals surface area contributed by atoms with Gasteiger partial charge in [-0.3, -0.25) is 0 Å². The number of anilines is 4. The van der Waals surface area contributed by atoms with Crippen molar-refractivity contribution in [3.63, 3.8) is 0 Å². The molecule has 11 aromatic rings. The Bertz CT molecular complexity index is 4480. The van der Waals surface area contributed by atoms with Crippen molar-refractivity contribution in [1.82, 2.24) is 9.55 Å². The average molecular weight is 1270 g/mol. The van der Waals surface area contributed by atoms with Crippen LogP contribution in [0, 0.1) is 18.8 Å². The number of fused-ring (bicyclic) bond motifs is 8. The van der Waals surface area contributed by atoms with Crippen LogP contribution in [0.4, 0.5) is 22.7 Å². The van der Waals surface area contributed by atoms with Crippen molar-refractivity contribution in [2.45, 2.75) is 131 Å². The fourth-order valence-corrected chi connectivity index (χ4v) is 12.3. The van der Waals surface area contributed by atoms with Gasteiger partial charge in [-0.1, -0.05) is 194 Å². The van der Waals surface area contributed by atoms with Gasteiger partial charge in [-0.05, 0) is 114 Å². The van der Waals surface area contributed by atoms with Gasteiger partial charge in [0.2, 0.25) is 0 Å². The van der Waals surface area contributed by atoms with E-state index in [0.717, 1.165) is 78.1 Å². The van der Waals surface area contributed by atoms with Gasteiger partial charge in [-0.2, -0.15) is 6.07 Å². The Morgan fingerprint density at radius 1 is 0.519 bits per heavy atom. The summed E-state index contributed by atoms with van der Waals surface area (Å²) in [7, 11) is 0. The van der Waals surface area contributed by atoms with E-state index >= 15 is 0 Å². The van der Waals surface area contributed by atoms with Gasteiger partial charge in [0.25, 0.3) is 0 Å². The Labute approximate surface area is 505 Å². The number of hydrogen-bond acceptors (Lipinski definition) is 5. The molecule has 1 aliphatic heterocycles. The molecule has 0 amide bonds. The topological polar surface area (TPSA) is 33.5 Å². The number of thiophene rings is 1. The van der Waals surface area contributed by atoms with Crippen LogP contribution in [0.1, 0.15) is 139 Å². The molecule has 0 bridgehead atoms. The molecule has 0 aliphatic carbocycles. The molecular weight excluding hydrogens is 1190 g/mol. The first-order valence-electron chi connectivity index (χ1n) is 30.3. The molecule has 0 saturated heterocycles. The van der Waals surface area contributed by atoms with Crippen molar-refractivity contribution in [2.24, 2.45) is 0 Å². The fraction of sp³-hybridized carbons (Fsp3) is 0.270. The molecule has 0 saturated carbocycles. The second-order valence-electron chi connectivity index (χ2n) is 26.8. The number of ether oxygens (including phenoxy) is 1. The summed E-state index contributed by atoms with van der Waals surface area (Å²) in [6.07, 6.45) is 1.90. The number of aromatic nitrogens is 2. The summed E-state index contributed by atoms with van der Waals surface area (Å²) in [6, 6.07) is 50.9. The van der Waals surface area contributed by atoms with Gasteiger partial charge in [-0.15, -0.1) is 65.0 Å². The number of benzene rings is 8. The quantitative estimate of drug-likeness (QED) is 0.149. The monoisotopic (exact) mass is 1270 g/mol. The summed E-state index contributed by atoms with van der Waals surface area (Å²) >= 11 is 1.81. The molecule has 0 atom stereocenters. The molecule has 414 valence electrons. The molecule has 0 N–H and O–H groups in total. The Kier molecular flexibility index (Phi) is 12.4. The predicted molar refractivity (Wildman–Crippen MR) is 341 cm³/mol. The van der Waals surface area contributed by atoms with E-state index in [1.54, 1.807) is 0 Å². The van der Waals surface area contributed by atoms with Gasteiger partial charge in [0, 0.05) is 92.6 Å². The maximum absolute atomic E-state index is 9.57. The van der Waals surface area contributed by atoms with E-state index in [0.29, 0.717) is 22.7 Å². The maximum Gasteiger partial charge on any atom is 0.135 e. The molecule has 0 spiro atoms. The molecule has 8 aromatic carbocycles. The van der Waals surface area contributed by atoms with E-state index in [2.05, 4.69) is 240 Å². The van der Waals surface area contributed by atoms with E-state index < -0.39 is 11.5 Å². The number of pyridine rings is 1. The van der Waals surface area contributed by atoms with Gasteiger partial charge < -0.3 is 19.1 Å². The molecule has 7 heteroatoms. The van der Waals surface area contributed by atoms with Crippen molar-refractivity contribution >= 4 is 76.1 Å². The van der Waals surface area contributed by atoms with Crippen molar-refractivity contribution in [2.75, 3.05) is 9.80 Å². The van der Waals surface area contributed by atoms with Gasteiger partial charge >= 0.3 is 0 Å². The van der Waals surface area contributed by atoms with Gasteiger partial charge in [0.15, 0.2) is 0 Å². The van der Waals surface area contributed by atoms with Crippen molar-refractivity contribution in [3.05, 3.63) is 210 Å². The van der Waals surface area contributed by atoms with Crippen LogP contribution in [0.3, 0.4) is 0 Å². The molecule has 0 radical (unpaired) electrons. The zero-order valence-corrected chi connectivity index (χ0v) is 52.3. The summed E-state index contributed by atoms with van der Waals surface area (Å²) in [4.78, 5) is 9.29. The first kappa shape index (κ1) is 49.8. The minimum atomic E-state index is -0.437. The molecule has 3 aromatic heterocycles. The Balaban J connectivity index is 0.00000768.